The van der Waals surface area contributed by atoms with Crippen LogP contribution < -0.4 is 29.6 Å². The number of benzene rings is 3. The summed E-state index contributed by atoms with van der Waals surface area (Å²) in [6.45, 7) is 1.01. The predicted molar refractivity (Wildman–Crippen MR) is 156 cm³/mol. The number of rotatable bonds is 12. The highest BCUT2D eigenvalue weighted by atomic mass is 19.4. The van der Waals surface area contributed by atoms with Gasteiger partial charge in [-0.05, 0) is 29.8 Å². The fourth-order valence-corrected chi connectivity index (χ4v) is 4.37. The number of nitrogens with one attached hydrogen (secondary N) is 2. The lowest BCUT2D eigenvalue weighted by molar-refractivity contribution is -0.137. The largest absolute Gasteiger partial charge is 0.493 e. The Balaban J connectivity index is 1.46. The number of anilines is 3. The number of nitrogens with zero attached hydrogens (tertiary/aromatic N) is 4. The van der Waals surface area contributed by atoms with E-state index in [1.807, 2.05) is 30.3 Å². The van der Waals surface area contributed by atoms with Gasteiger partial charge in [-0.1, -0.05) is 30.3 Å². The van der Waals surface area contributed by atoms with Crippen LogP contribution in [-0.2, 0) is 12.7 Å². The minimum absolute atomic E-state index is 0.238. The second kappa shape index (κ2) is 12.8. The van der Waals surface area contributed by atoms with Gasteiger partial charge in [-0.3, -0.25) is 0 Å². The highest BCUT2D eigenvalue weighted by Gasteiger charge is 2.30. The summed E-state index contributed by atoms with van der Waals surface area (Å²) in [4.78, 5) is 13.8. The van der Waals surface area contributed by atoms with Crippen LogP contribution in [0.25, 0.3) is 11.2 Å². The van der Waals surface area contributed by atoms with Gasteiger partial charge in [0.15, 0.2) is 28.5 Å². The van der Waals surface area contributed by atoms with E-state index in [2.05, 4.69) is 25.6 Å². The molecular formula is C30H29F3N6O4. The molecule has 2 aromatic heterocycles. The van der Waals surface area contributed by atoms with Gasteiger partial charge in [0.2, 0.25) is 11.7 Å². The fourth-order valence-electron chi connectivity index (χ4n) is 4.37. The van der Waals surface area contributed by atoms with Gasteiger partial charge in [0.25, 0.3) is 0 Å². The summed E-state index contributed by atoms with van der Waals surface area (Å²) in [5, 5.41) is 6.45. The predicted octanol–water partition coefficient (Wildman–Crippen LogP) is 6.15. The SMILES string of the molecule is COc1cc(Nc2nc(NCCOc3ccccc3)c3ncn(Cc4ccc(C(F)(F)F)cc4)c3n2)cc(OC)c1OC. The molecule has 0 radical (unpaired) electrons. The van der Waals surface area contributed by atoms with Crippen molar-refractivity contribution in [1.29, 1.82) is 0 Å². The molecule has 0 atom stereocenters. The summed E-state index contributed by atoms with van der Waals surface area (Å²) in [6.07, 6.45) is -2.84. The molecule has 0 spiro atoms. The Morgan fingerprint density at radius 3 is 2.19 bits per heavy atom. The molecule has 2 heterocycles. The van der Waals surface area contributed by atoms with Crippen LogP contribution in [0.1, 0.15) is 11.1 Å². The van der Waals surface area contributed by atoms with Gasteiger partial charge in [0.05, 0.1) is 46.3 Å². The van der Waals surface area contributed by atoms with Crippen molar-refractivity contribution >= 4 is 28.6 Å². The maximum absolute atomic E-state index is 13.1. The number of ether oxygens (including phenoxy) is 4. The lowest BCUT2D eigenvalue weighted by Crippen LogP contribution is -2.14. The van der Waals surface area contributed by atoms with Crippen molar-refractivity contribution in [2.45, 2.75) is 12.7 Å². The number of hydrogen-bond acceptors (Lipinski definition) is 9. The zero-order chi connectivity index (χ0) is 30.4. The minimum Gasteiger partial charge on any atom is -0.493 e. The van der Waals surface area contributed by atoms with Crippen molar-refractivity contribution in [1.82, 2.24) is 19.5 Å². The van der Waals surface area contributed by atoms with Gasteiger partial charge in [-0.15, -0.1) is 0 Å². The molecule has 0 saturated heterocycles. The Hall–Kier alpha value is -5.20. The van der Waals surface area contributed by atoms with Crippen LogP contribution in [0, 0.1) is 0 Å². The van der Waals surface area contributed by atoms with Crippen LogP contribution >= 0.6 is 0 Å². The number of imidazole rings is 1. The molecule has 2 N–H and O–H groups in total. The Morgan fingerprint density at radius 1 is 0.860 bits per heavy atom. The normalized spacial score (nSPS) is 11.3. The topological polar surface area (TPSA) is 105 Å². The first kappa shape index (κ1) is 29.3. The van der Waals surface area contributed by atoms with Crippen LogP contribution in [-0.4, -0.2) is 54.0 Å². The Labute approximate surface area is 245 Å². The van der Waals surface area contributed by atoms with Gasteiger partial charge >= 0.3 is 6.18 Å². The highest BCUT2D eigenvalue weighted by Crippen LogP contribution is 2.40. The van der Waals surface area contributed by atoms with Crippen molar-refractivity contribution in [3.63, 3.8) is 0 Å². The summed E-state index contributed by atoms with van der Waals surface area (Å²) in [5.74, 6) is 2.73. The van der Waals surface area contributed by atoms with Crippen molar-refractivity contribution in [2.75, 3.05) is 45.1 Å². The number of methoxy groups -OCH3 is 3. The molecule has 0 saturated carbocycles. The number of hydrogen-bond donors (Lipinski definition) is 2. The Morgan fingerprint density at radius 2 is 1.56 bits per heavy atom. The summed E-state index contributed by atoms with van der Waals surface area (Å²) in [7, 11) is 4.55. The maximum atomic E-state index is 13.1. The molecule has 0 amide bonds. The molecule has 5 rings (SSSR count). The molecule has 0 aliphatic heterocycles. The van der Waals surface area contributed by atoms with E-state index >= 15 is 0 Å². The molecular weight excluding hydrogens is 565 g/mol. The van der Waals surface area contributed by atoms with Crippen molar-refractivity contribution in [2.24, 2.45) is 0 Å². The third kappa shape index (κ3) is 6.83. The molecule has 43 heavy (non-hydrogen) atoms. The van der Waals surface area contributed by atoms with Crippen molar-refractivity contribution < 1.29 is 32.1 Å². The van der Waals surface area contributed by atoms with Crippen LogP contribution in [0.5, 0.6) is 23.0 Å². The van der Waals surface area contributed by atoms with Gasteiger partial charge in [0, 0.05) is 17.8 Å². The molecule has 3 aromatic carbocycles. The lowest BCUT2D eigenvalue weighted by Gasteiger charge is -2.15. The van der Waals surface area contributed by atoms with E-state index in [4.69, 9.17) is 18.9 Å². The third-order valence-corrected chi connectivity index (χ3v) is 6.43. The van der Waals surface area contributed by atoms with Crippen LogP contribution in [0.3, 0.4) is 0 Å². The lowest BCUT2D eigenvalue weighted by atomic mass is 10.1. The first-order valence-electron chi connectivity index (χ1n) is 13.2. The number of fused-ring (bicyclic) bond motifs is 1. The fraction of sp³-hybridized carbons (Fsp3) is 0.233. The number of alkyl halides is 3. The van der Waals surface area contributed by atoms with Crippen LogP contribution in [0.15, 0.2) is 73.1 Å². The van der Waals surface area contributed by atoms with Gasteiger partial charge in [-0.2, -0.15) is 23.1 Å². The number of para-hydroxylation sites is 1. The summed E-state index contributed by atoms with van der Waals surface area (Å²) >= 11 is 0. The molecule has 0 fully saturated rings. The van der Waals surface area contributed by atoms with Crippen LogP contribution in [0.2, 0.25) is 0 Å². The number of halogens is 3. The molecule has 0 unspecified atom stereocenters. The quantitative estimate of drug-likeness (QED) is 0.165. The second-order valence-electron chi connectivity index (χ2n) is 9.26. The molecule has 224 valence electrons. The first-order chi connectivity index (χ1) is 20.8. The maximum Gasteiger partial charge on any atom is 0.416 e. The highest BCUT2D eigenvalue weighted by molar-refractivity contribution is 5.85. The molecule has 0 bridgehead atoms. The summed E-state index contributed by atoms with van der Waals surface area (Å²) < 4.78 is 63.0. The molecule has 13 heteroatoms. The van der Waals surface area contributed by atoms with Gasteiger partial charge < -0.3 is 34.1 Å². The van der Waals surface area contributed by atoms with Gasteiger partial charge in [-0.25, -0.2) is 4.98 Å². The summed E-state index contributed by atoms with van der Waals surface area (Å²) in [6, 6.07) is 17.8. The Bertz CT molecular complexity index is 1650. The third-order valence-electron chi connectivity index (χ3n) is 6.43. The van der Waals surface area contributed by atoms with E-state index in [0.29, 0.717) is 58.6 Å². The van der Waals surface area contributed by atoms with E-state index in [1.165, 1.54) is 33.5 Å². The van der Waals surface area contributed by atoms with E-state index in [0.717, 1.165) is 17.9 Å². The molecule has 5 aromatic rings. The second-order valence-corrected chi connectivity index (χ2v) is 9.26. The zero-order valence-electron chi connectivity index (χ0n) is 23.6. The Kier molecular flexibility index (Phi) is 8.69. The average Bonchev–Trinajstić information content (AvgIpc) is 3.41. The van der Waals surface area contributed by atoms with Gasteiger partial charge in [0.1, 0.15) is 12.4 Å². The zero-order valence-corrected chi connectivity index (χ0v) is 23.6. The monoisotopic (exact) mass is 594 g/mol. The molecule has 0 aliphatic rings. The van der Waals surface area contributed by atoms with E-state index in [9.17, 15) is 13.2 Å². The molecule has 0 aliphatic carbocycles. The smallest absolute Gasteiger partial charge is 0.416 e. The van der Waals surface area contributed by atoms with E-state index in [1.54, 1.807) is 23.0 Å². The van der Waals surface area contributed by atoms with Crippen molar-refractivity contribution in [3.05, 3.63) is 84.2 Å². The van der Waals surface area contributed by atoms with E-state index < -0.39 is 11.7 Å². The number of aromatic nitrogens is 4. The minimum atomic E-state index is -4.41. The summed E-state index contributed by atoms with van der Waals surface area (Å²) in [5.41, 5.74) is 1.46. The van der Waals surface area contributed by atoms with E-state index in [-0.39, 0.29) is 12.5 Å². The molecule has 10 nitrogen and oxygen atoms in total. The van der Waals surface area contributed by atoms with Crippen LogP contribution in [0.4, 0.5) is 30.6 Å². The standard InChI is InChI=1S/C30H29F3N6O4/c1-40-23-15-21(16-24(41-2)26(23)42-3)36-29-37-27(34-13-14-43-22-7-5-4-6-8-22)25-28(38-29)39(18-35-25)17-19-9-11-20(12-10-19)30(31,32)33/h4-12,15-16,18H,13-14,17H2,1-3H3,(H2,34,36,37,38). The first-order valence-corrected chi connectivity index (χ1v) is 13.2. The van der Waals surface area contributed by atoms with Crippen molar-refractivity contribution in [3.8, 4) is 23.0 Å². The average molecular weight is 595 g/mol.